The third-order valence-electron chi connectivity index (χ3n) is 3.03. The fourth-order valence-corrected chi connectivity index (χ4v) is 2.92. The fraction of sp³-hybridized carbons (Fsp3) is 0. The maximum Gasteiger partial charge on any atom is 0.265 e. The first kappa shape index (κ1) is 13.4. The summed E-state index contributed by atoms with van der Waals surface area (Å²) in [6.07, 6.45) is 0. The van der Waals surface area contributed by atoms with Crippen molar-refractivity contribution in [2.24, 2.45) is 0 Å². The Morgan fingerprint density at radius 1 is 0.952 bits per heavy atom. The summed E-state index contributed by atoms with van der Waals surface area (Å²) in [6, 6.07) is 20.9. The maximum atomic E-state index is 12.2. The molecule has 0 aliphatic rings. The van der Waals surface area contributed by atoms with Crippen molar-refractivity contribution in [2.75, 3.05) is 11.1 Å². The molecule has 3 N–H and O–H groups in total. The van der Waals surface area contributed by atoms with Gasteiger partial charge in [0.1, 0.15) is 0 Å². The number of nitrogen functional groups attached to an aromatic ring is 1. The SMILES string of the molecule is Nc1cccc(-c2ccc(C(=O)Nc3ccccc3)s2)c1. The van der Waals surface area contributed by atoms with Gasteiger partial charge in [-0.1, -0.05) is 30.3 Å². The smallest absolute Gasteiger partial charge is 0.265 e. The molecule has 1 aromatic heterocycles. The molecular formula is C17H14N2OS. The van der Waals surface area contributed by atoms with Crippen molar-refractivity contribution in [3.05, 3.63) is 71.6 Å². The molecule has 21 heavy (non-hydrogen) atoms. The lowest BCUT2D eigenvalue weighted by Gasteiger charge is -2.02. The summed E-state index contributed by atoms with van der Waals surface area (Å²) in [7, 11) is 0. The van der Waals surface area contributed by atoms with Crippen molar-refractivity contribution < 1.29 is 4.79 Å². The van der Waals surface area contributed by atoms with Gasteiger partial charge in [-0.05, 0) is 42.0 Å². The third kappa shape index (κ3) is 3.12. The molecule has 0 fully saturated rings. The minimum atomic E-state index is -0.0960. The zero-order valence-corrected chi connectivity index (χ0v) is 12.1. The van der Waals surface area contributed by atoms with E-state index in [4.69, 9.17) is 5.73 Å². The Balaban J connectivity index is 1.80. The summed E-state index contributed by atoms with van der Waals surface area (Å²) >= 11 is 1.45. The van der Waals surface area contributed by atoms with Gasteiger partial charge in [-0.2, -0.15) is 0 Å². The molecular weight excluding hydrogens is 280 g/mol. The van der Waals surface area contributed by atoms with Crippen LogP contribution in [-0.4, -0.2) is 5.91 Å². The molecule has 104 valence electrons. The Hall–Kier alpha value is -2.59. The van der Waals surface area contributed by atoms with Crippen molar-refractivity contribution in [1.29, 1.82) is 0 Å². The second-order valence-corrected chi connectivity index (χ2v) is 5.69. The Morgan fingerprint density at radius 3 is 2.52 bits per heavy atom. The average molecular weight is 294 g/mol. The van der Waals surface area contributed by atoms with Gasteiger partial charge in [0.2, 0.25) is 0 Å². The number of thiophene rings is 1. The van der Waals surface area contributed by atoms with E-state index in [0.717, 1.165) is 21.8 Å². The lowest BCUT2D eigenvalue weighted by molar-refractivity contribution is 0.103. The molecule has 4 heteroatoms. The Kier molecular flexibility index (Phi) is 3.71. The number of hydrogen-bond donors (Lipinski definition) is 2. The van der Waals surface area contributed by atoms with Gasteiger partial charge in [0.05, 0.1) is 4.88 Å². The number of amides is 1. The first-order valence-electron chi connectivity index (χ1n) is 6.54. The molecule has 0 saturated heterocycles. The van der Waals surface area contributed by atoms with Crippen LogP contribution in [0.5, 0.6) is 0 Å². The third-order valence-corrected chi connectivity index (χ3v) is 4.17. The largest absolute Gasteiger partial charge is 0.399 e. The summed E-state index contributed by atoms with van der Waals surface area (Å²) in [5.41, 5.74) is 8.33. The monoisotopic (exact) mass is 294 g/mol. The molecule has 0 radical (unpaired) electrons. The minimum Gasteiger partial charge on any atom is -0.399 e. The molecule has 0 aliphatic carbocycles. The molecule has 3 aromatic rings. The van der Waals surface area contributed by atoms with Gasteiger partial charge in [0.15, 0.2) is 0 Å². The molecule has 1 heterocycles. The van der Waals surface area contributed by atoms with E-state index >= 15 is 0 Å². The molecule has 0 spiro atoms. The predicted molar refractivity (Wildman–Crippen MR) is 88.6 cm³/mol. The minimum absolute atomic E-state index is 0.0960. The van der Waals surface area contributed by atoms with Crippen molar-refractivity contribution in [1.82, 2.24) is 0 Å². The topological polar surface area (TPSA) is 55.1 Å². The van der Waals surface area contributed by atoms with Crippen LogP contribution in [-0.2, 0) is 0 Å². The van der Waals surface area contributed by atoms with E-state index in [-0.39, 0.29) is 5.91 Å². The van der Waals surface area contributed by atoms with Crippen LogP contribution in [0.25, 0.3) is 10.4 Å². The highest BCUT2D eigenvalue weighted by molar-refractivity contribution is 7.17. The Labute approximate surface area is 127 Å². The van der Waals surface area contributed by atoms with Gasteiger partial charge < -0.3 is 11.1 Å². The number of benzene rings is 2. The lowest BCUT2D eigenvalue weighted by Crippen LogP contribution is -2.09. The van der Waals surface area contributed by atoms with E-state index in [2.05, 4.69) is 5.32 Å². The van der Waals surface area contributed by atoms with Crippen molar-refractivity contribution >= 4 is 28.6 Å². The summed E-state index contributed by atoms with van der Waals surface area (Å²) in [4.78, 5) is 13.9. The van der Waals surface area contributed by atoms with Crippen molar-refractivity contribution in [2.45, 2.75) is 0 Å². The lowest BCUT2D eigenvalue weighted by atomic mass is 10.2. The molecule has 0 atom stereocenters. The zero-order valence-electron chi connectivity index (χ0n) is 11.2. The maximum absolute atomic E-state index is 12.2. The summed E-state index contributed by atoms with van der Waals surface area (Å²) < 4.78 is 0. The van der Waals surface area contributed by atoms with E-state index in [1.54, 1.807) is 0 Å². The van der Waals surface area contributed by atoms with E-state index in [9.17, 15) is 4.79 Å². The highest BCUT2D eigenvalue weighted by atomic mass is 32.1. The number of rotatable bonds is 3. The van der Waals surface area contributed by atoms with Gasteiger partial charge >= 0.3 is 0 Å². The standard InChI is InChI=1S/C17H14N2OS/c18-13-6-4-5-12(11-13)15-9-10-16(21-15)17(20)19-14-7-2-1-3-8-14/h1-11H,18H2,(H,19,20). The normalized spacial score (nSPS) is 10.3. The summed E-state index contributed by atoms with van der Waals surface area (Å²) in [5, 5.41) is 2.88. The van der Waals surface area contributed by atoms with Gasteiger partial charge in [0.25, 0.3) is 5.91 Å². The first-order valence-corrected chi connectivity index (χ1v) is 7.36. The zero-order chi connectivity index (χ0) is 14.7. The highest BCUT2D eigenvalue weighted by Crippen LogP contribution is 2.29. The van der Waals surface area contributed by atoms with Crippen LogP contribution < -0.4 is 11.1 Å². The average Bonchev–Trinajstić information content (AvgIpc) is 2.98. The van der Waals surface area contributed by atoms with Crippen LogP contribution in [0.3, 0.4) is 0 Å². The molecule has 3 rings (SSSR count). The van der Waals surface area contributed by atoms with Crippen molar-refractivity contribution in [3.63, 3.8) is 0 Å². The van der Waals surface area contributed by atoms with E-state index in [0.29, 0.717) is 4.88 Å². The van der Waals surface area contributed by atoms with Gasteiger partial charge in [-0.15, -0.1) is 11.3 Å². The Morgan fingerprint density at radius 2 is 1.76 bits per heavy atom. The molecule has 3 nitrogen and oxygen atoms in total. The summed E-state index contributed by atoms with van der Waals surface area (Å²) in [5.74, 6) is -0.0960. The van der Waals surface area contributed by atoms with Crippen LogP contribution >= 0.6 is 11.3 Å². The molecule has 2 aromatic carbocycles. The van der Waals surface area contributed by atoms with E-state index in [1.807, 2.05) is 66.7 Å². The second kappa shape index (κ2) is 5.81. The quantitative estimate of drug-likeness (QED) is 0.709. The molecule has 0 aliphatic heterocycles. The second-order valence-electron chi connectivity index (χ2n) is 4.61. The molecule has 0 saturated carbocycles. The highest BCUT2D eigenvalue weighted by Gasteiger charge is 2.10. The number of hydrogen-bond acceptors (Lipinski definition) is 3. The van der Waals surface area contributed by atoms with Gasteiger partial charge in [0, 0.05) is 16.3 Å². The van der Waals surface area contributed by atoms with Crippen LogP contribution in [0.4, 0.5) is 11.4 Å². The number of nitrogens with two attached hydrogens (primary N) is 1. The summed E-state index contributed by atoms with van der Waals surface area (Å²) in [6.45, 7) is 0. The van der Waals surface area contributed by atoms with E-state index < -0.39 is 0 Å². The number of carbonyl (C=O) groups excluding carboxylic acids is 1. The fourth-order valence-electron chi connectivity index (χ4n) is 2.02. The Bertz CT molecular complexity index is 765. The molecule has 0 unspecified atom stereocenters. The van der Waals surface area contributed by atoms with Gasteiger partial charge in [-0.3, -0.25) is 4.79 Å². The van der Waals surface area contributed by atoms with Crippen LogP contribution in [0.15, 0.2) is 66.7 Å². The van der Waals surface area contributed by atoms with Crippen LogP contribution in [0.2, 0.25) is 0 Å². The van der Waals surface area contributed by atoms with Crippen molar-refractivity contribution in [3.8, 4) is 10.4 Å². The number of para-hydroxylation sites is 1. The molecule has 1 amide bonds. The number of carbonyl (C=O) groups is 1. The van der Waals surface area contributed by atoms with Crippen LogP contribution in [0, 0.1) is 0 Å². The van der Waals surface area contributed by atoms with Gasteiger partial charge in [-0.25, -0.2) is 0 Å². The molecule has 0 bridgehead atoms. The van der Waals surface area contributed by atoms with Crippen LogP contribution in [0.1, 0.15) is 9.67 Å². The number of anilines is 2. The van der Waals surface area contributed by atoms with E-state index in [1.165, 1.54) is 11.3 Å². The first-order chi connectivity index (χ1) is 10.2. The number of nitrogens with one attached hydrogen (secondary N) is 1. The predicted octanol–water partition coefficient (Wildman–Crippen LogP) is 4.25.